The van der Waals surface area contributed by atoms with Gasteiger partial charge >= 0.3 is 0 Å². The molecule has 1 aromatic heterocycles. The van der Waals surface area contributed by atoms with Crippen molar-refractivity contribution in [2.75, 3.05) is 23.3 Å². The third kappa shape index (κ3) is 5.24. The van der Waals surface area contributed by atoms with Crippen molar-refractivity contribution < 1.29 is 17.9 Å². The van der Waals surface area contributed by atoms with E-state index in [0.717, 1.165) is 21.2 Å². The first-order valence-corrected chi connectivity index (χ1v) is 12.5. The molecular formula is C24H22N4O4S2. The first-order valence-electron chi connectivity index (χ1n) is 10.3. The van der Waals surface area contributed by atoms with Crippen molar-refractivity contribution in [3.05, 3.63) is 84.4 Å². The van der Waals surface area contributed by atoms with Crippen molar-refractivity contribution in [1.29, 1.82) is 0 Å². The Labute approximate surface area is 201 Å². The molecule has 0 aliphatic rings. The number of amides is 1. The molecule has 0 radical (unpaired) electrons. The average Bonchev–Trinajstić information content (AvgIpc) is 3.32. The summed E-state index contributed by atoms with van der Waals surface area (Å²) in [6.45, 7) is 1.49. The van der Waals surface area contributed by atoms with Gasteiger partial charge in [0, 0.05) is 5.56 Å². The predicted molar refractivity (Wildman–Crippen MR) is 133 cm³/mol. The minimum absolute atomic E-state index is 0.0982. The fourth-order valence-corrected chi connectivity index (χ4v) is 5.37. The topological polar surface area (TPSA) is 101 Å². The molecule has 1 heterocycles. The van der Waals surface area contributed by atoms with E-state index in [9.17, 15) is 13.2 Å². The van der Waals surface area contributed by atoms with Crippen LogP contribution in [-0.2, 0) is 14.8 Å². The summed E-state index contributed by atoms with van der Waals surface area (Å²) in [6.07, 6.45) is 0. The number of hydrogen-bond acceptors (Lipinski definition) is 7. The van der Waals surface area contributed by atoms with Gasteiger partial charge in [0.2, 0.25) is 11.0 Å². The molecule has 0 atom stereocenters. The van der Waals surface area contributed by atoms with Gasteiger partial charge in [-0.25, -0.2) is 8.42 Å². The van der Waals surface area contributed by atoms with Crippen LogP contribution < -0.4 is 14.4 Å². The van der Waals surface area contributed by atoms with Crippen LogP contribution in [0.15, 0.2) is 83.8 Å². The molecule has 1 N–H and O–H groups in total. The second kappa shape index (κ2) is 10.0. The van der Waals surface area contributed by atoms with Gasteiger partial charge in [-0.1, -0.05) is 47.2 Å². The number of benzene rings is 3. The molecule has 0 fully saturated rings. The number of rotatable bonds is 8. The van der Waals surface area contributed by atoms with Crippen LogP contribution in [0, 0.1) is 6.92 Å². The first kappa shape index (κ1) is 23.4. The Morgan fingerprint density at radius 2 is 1.65 bits per heavy atom. The van der Waals surface area contributed by atoms with E-state index in [1.165, 1.54) is 23.5 Å². The largest absolute Gasteiger partial charge is 0.497 e. The molecule has 0 unspecified atom stereocenters. The van der Waals surface area contributed by atoms with Crippen molar-refractivity contribution in [2.24, 2.45) is 0 Å². The number of carbonyl (C=O) groups is 1. The summed E-state index contributed by atoms with van der Waals surface area (Å²) in [6, 6.07) is 22.3. The van der Waals surface area contributed by atoms with Crippen LogP contribution >= 0.6 is 11.3 Å². The first-order chi connectivity index (χ1) is 16.4. The van der Waals surface area contributed by atoms with Crippen LogP contribution in [0.3, 0.4) is 0 Å². The minimum atomic E-state index is -3.97. The molecule has 0 aliphatic carbocycles. The molecule has 8 nitrogen and oxygen atoms in total. The minimum Gasteiger partial charge on any atom is -0.497 e. The Bertz CT molecular complexity index is 1370. The molecule has 34 heavy (non-hydrogen) atoms. The van der Waals surface area contributed by atoms with Crippen molar-refractivity contribution >= 4 is 38.1 Å². The lowest BCUT2D eigenvalue weighted by atomic mass is 10.2. The highest BCUT2D eigenvalue weighted by atomic mass is 32.2. The molecule has 0 saturated carbocycles. The summed E-state index contributed by atoms with van der Waals surface area (Å²) in [5, 5.41) is 11.7. The number of aryl methyl sites for hydroxylation is 1. The predicted octanol–water partition coefficient (Wildman–Crippen LogP) is 4.36. The molecular weight excluding hydrogens is 472 g/mol. The summed E-state index contributed by atoms with van der Waals surface area (Å²) >= 11 is 1.19. The van der Waals surface area contributed by atoms with E-state index in [2.05, 4.69) is 15.5 Å². The van der Waals surface area contributed by atoms with Crippen LogP contribution in [0.2, 0.25) is 0 Å². The van der Waals surface area contributed by atoms with Crippen molar-refractivity contribution in [1.82, 2.24) is 10.2 Å². The number of anilines is 2. The van der Waals surface area contributed by atoms with E-state index in [4.69, 9.17) is 4.74 Å². The number of sulfonamides is 1. The van der Waals surface area contributed by atoms with Crippen LogP contribution in [0.5, 0.6) is 5.75 Å². The van der Waals surface area contributed by atoms with E-state index < -0.39 is 22.5 Å². The smallest absolute Gasteiger partial charge is 0.264 e. The quantitative estimate of drug-likeness (QED) is 0.391. The summed E-state index contributed by atoms with van der Waals surface area (Å²) in [7, 11) is -2.38. The van der Waals surface area contributed by atoms with Crippen molar-refractivity contribution in [3.63, 3.8) is 0 Å². The fourth-order valence-electron chi connectivity index (χ4n) is 3.16. The maximum atomic E-state index is 13.4. The molecule has 4 aromatic rings. The van der Waals surface area contributed by atoms with Gasteiger partial charge in [0.1, 0.15) is 17.3 Å². The van der Waals surface area contributed by atoms with Crippen LogP contribution in [-0.4, -0.2) is 38.2 Å². The highest BCUT2D eigenvalue weighted by Gasteiger charge is 2.27. The fraction of sp³-hybridized carbons (Fsp3) is 0.125. The maximum absolute atomic E-state index is 13.4. The second-order valence-electron chi connectivity index (χ2n) is 7.35. The molecule has 0 aliphatic heterocycles. The number of ether oxygens (including phenoxy) is 1. The van der Waals surface area contributed by atoms with E-state index >= 15 is 0 Å². The zero-order valence-corrected chi connectivity index (χ0v) is 20.1. The lowest BCUT2D eigenvalue weighted by Gasteiger charge is -2.24. The average molecular weight is 495 g/mol. The highest BCUT2D eigenvalue weighted by Crippen LogP contribution is 2.28. The normalized spacial score (nSPS) is 11.1. The van der Waals surface area contributed by atoms with Gasteiger partial charge in [0.05, 0.1) is 17.7 Å². The molecule has 1 amide bonds. The second-order valence-corrected chi connectivity index (χ2v) is 10.2. The number of hydrogen-bond donors (Lipinski definition) is 1. The van der Waals surface area contributed by atoms with Gasteiger partial charge in [0.15, 0.2) is 0 Å². The maximum Gasteiger partial charge on any atom is 0.264 e. The molecule has 10 heteroatoms. The lowest BCUT2D eigenvalue weighted by molar-refractivity contribution is -0.114. The standard InChI is InChI=1S/C24H22N4O4S2/c1-17-8-12-19(13-9-17)28(34(30,31)21-6-4-3-5-7-21)16-22(29)25-24-27-26-23(33-24)18-10-14-20(32-2)15-11-18/h3-15H,16H2,1-2H3,(H,25,27,29). The summed E-state index contributed by atoms with van der Waals surface area (Å²) < 4.78 is 33.0. The Balaban J connectivity index is 1.55. The number of nitrogens with one attached hydrogen (secondary N) is 1. The zero-order valence-electron chi connectivity index (χ0n) is 18.5. The van der Waals surface area contributed by atoms with Crippen LogP contribution in [0.25, 0.3) is 10.6 Å². The van der Waals surface area contributed by atoms with Gasteiger partial charge < -0.3 is 4.74 Å². The number of aromatic nitrogens is 2. The molecule has 0 saturated heterocycles. The molecule has 3 aromatic carbocycles. The zero-order chi connectivity index (χ0) is 24.1. The molecule has 174 valence electrons. The highest BCUT2D eigenvalue weighted by molar-refractivity contribution is 7.92. The Hall–Kier alpha value is -3.76. The van der Waals surface area contributed by atoms with Gasteiger partial charge in [-0.05, 0) is 55.5 Å². The van der Waals surface area contributed by atoms with Crippen molar-refractivity contribution in [2.45, 2.75) is 11.8 Å². The van der Waals surface area contributed by atoms with Crippen LogP contribution in [0.1, 0.15) is 5.56 Å². The van der Waals surface area contributed by atoms with E-state index in [1.54, 1.807) is 49.6 Å². The third-order valence-electron chi connectivity index (χ3n) is 4.95. The number of methoxy groups -OCH3 is 1. The van der Waals surface area contributed by atoms with Crippen LogP contribution in [0.4, 0.5) is 10.8 Å². The third-order valence-corrected chi connectivity index (χ3v) is 7.62. The SMILES string of the molecule is COc1ccc(-c2nnc(NC(=O)CN(c3ccc(C)cc3)S(=O)(=O)c3ccccc3)s2)cc1. The molecule has 4 rings (SSSR count). The summed E-state index contributed by atoms with van der Waals surface area (Å²) in [5.74, 6) is 0.190. The van der Waals surface area contributed by atoms with Gasteiger partial charge in [-0.15, -0.1) is 10.2 Å². The Morgan fingerprint density at radius 1 is 0.971 bits per heavy atom. The van der Waals surface area contributed by atoms with Gasteiger partial charge in [-0.2, -0.15) is 0 Å². The number of carbonyl (C=O) groups excluding carboxylic acids is 1. The van der Waals surface area contributed by atoms with E-state index in [-0.39, 0.29) is 10.0 Å². The van der Waals surface area contributed by atoms with E-state index in [0.29, 0.717) is 10.7 Å². The van der Waals surface area contributed by atoms with E-state index in [1.807, 2.05) is 31.2 Å². The van der Waals surface area contributed by atoms with Crippen molar-refractivity contribution in [3.8, 4) is 16.3 Å². The summed E-state index contributed by atoms with van der Waals surface area (Å²) in [4.78, 5) is 13.0. The Kier molecular flexibility index (Phi) is 6.90. The number of nitrogens with zero attached hydrogens (tertiary/aromatic N) is 3. The van der Waals surface area contributed by atoms with Gasteiger partial charge in [-0.3, -0.25) is 14.4 Å². The lowest BCUT2D eigenvalue weighted by Crippen LogP contribution is -2.38. The molecule has 0 bridgehead atoms. The molecule has 0 spiro atoms. The summed E-state index contributed by atoms with van der Waals surface area (Å²) in [5.41, 5.74) is 2.19. The monoisotopic (exact) mass is 494 g/mol. The van der Waals surface area contributed by atoms with Gasteiger partial charge in [0.25, 0.3) is 10.0 Å². The Morgan fingerprint density at radius 3 is 2.29 bits per heavy atom.